The number of aliphatic imine (C=N–C) groups is 1. The minimum absolute atomic E-state index is 0.118. The molecule has 7 heteroatoms. The first-order chi connectivity index (χ1) is 9.36. The van der Waals surface area contributed by atoms with Crippen LogP contribution in [0.25, 0.3) is 0 Å². The third-order valence-corrected chi connectivity index (χ3v) is 2.12. The van der Waals surface area contributed by atoms with E-state index in [9.17, 15) is 18.0 Å². The molecule has 1 aromatic rings. The van der Waals surface area contributed by atoms with Gasteiger partial charge >= 0.3 is 12.1 Å². The highest BCUT2D eigenvalue weighted by atomic mass is 19.4. The summed E-state index contributed by atoms with van der Waals surface area (Å²) < 4.78 is 41.8. The molecule has 0 radical (unpaired) electrons. The number of carbonyl (C=O) groups excluding carboxylic acids is 1. The molecule has 1 N–H and O–H groups in total. The Hall–Kier alpha value is -2.31. The van der Waals surface area contributed by atoms with Crippen LogP contribution in [0.1, 0.15) is 6.92 Å². The van der Waals surface area contributed by atoms with Crippen LogP contribution in [0.5, 0.6) is 0 Å². The molecule has 0 aliphatic heterocycles. The average Bonchev–Trinajstić information content (AvgIpc) is 2.39. The number of esters is 1. The summed E-state index contributed by atoms with van der Waals surface area (Å²) >= 11 is 0. The fourth-order valence-electron chi connectivity index (χ4n) is 1.23. The molecule has 0 aromatic heterocycles. The predicted octanol–water partition coefficient (Wildman–Crippen LogP) is 3.33. The molecule has 108 valence electrons. The second kappa shape index (κ2) is 6.74. The van der Waals surface area contributed by atoms with E-state index in [1.54, 1.807) is 18.2 Å². The summed E-state index contributed by atoms with van der Waals surface area (Å²) in [6.45, 7) is 1.32. The molecule has 20 heavy (non-hydrogen) atoms. The number of allylic oxidation sites excluding steroid dienone is 1. The number of benzene rings is 1. The highest BCUT2D eigenvalue weighted by molar-refractivity contribution is 6.10. The second-order valence-electron chi connectivity index (χ2n) is 3.57. The lowest BCUT2D eigenvalue weighted by Gasteiger charge is -2.09. The highest BCUT2D eigenvalue weighted by Gasteiger charge is 2.38. The maximum Gasteiger partial charge on any atom is 0.449 e. The van der Waals surface area contributed by atoms with E-state index >= 15 is 0 Å². The van der Waals surface area contributed by atoms with E-state index in [-0.39, 0.29) is 6.61 Å². The van der Waals surface area contributed by atoms with E-state index in [1.807, 2.05) is 0 Å². The number of ether oxygens (including phenoxy) is 1. The van der Waals surface area contributed by atoms with Gasteiger partial charge in [0.15, 0.2) is 0 Å². The molecule has 0 aliphatic carbocycles. The Bertz CT molecular complexity index is 521. The highest BCUT2D eigenvalue weighted by Crippen LogP contribution is 2.26. The summed E-state index contributed by atoms with van der Waals surface area (Å²) in [4.78, 5) is 15.1. The van der Waals surface area contributed by atoms with Crippen LogP contribution in [0, 0.1) is 0 Å². The number of aliphatic hydroxyl groups excluding tert-OH is 1. The van der Waals surface area contributed by atoms with Crippen LogP contribution in [-0.4, -0.2) is 30.1 Å². The molecular weight excluding hydrogens is 275 g/mol. The van der Waals surface area contributed by atoms with E-state index < -0.39 is 23.5 Å². The van der Waals surface area contributed by atoms with Gasteiger partial charge in [-0.2, -0.15) is 13.2 Å². The van der Waals surface area contributed by atoms with Gasteiger partial charge in [-0.25, -0.2) is 4.79 Å². The van der Waals surface area contributed by atoms with Crippen molar-refractivity contribution in [1.29, 1.82) is 0 Å². The summed E-state index contributed by atoms with van der Waals surface area (Å²) in [6, 6.07) is 8.02. The van der Waals surface area contributed by atoms with E-state index in [4.69, 9.17) is 5.11 Å². The number of alkyl halides is 3. The third-order valence-electron chi connectivity index (χ3n) is 2.12. The van der Waals surface area contributed by atoms with Crippen molar-refractivity contribution in [1.82, 2.24) is 0 Å². The molecule has 0 heterocycles. The molecule has 4 nitrogen and oxygen atoms in total. The summed E-state index contributed by atoms with van der Waals surface area (Å²) in [5, 5.41) is 9.08. The van der Waals surface area contributed by atoms with Gasteiger partial charge in [0.05, 0.1) is 12.3 Å². The Morgan fingerprint density at radius 1 is 1.35 bits per heavy atom. The maximum atomic E-state index is 12.4. The van der Waals surface area contributed by atoms with Crippen molar-refractivity contribution in [3.63, 3.8) is 0 Å². The molecule has 0 aliphatic rings. The monoisotopic (exact) mass is 287 g/mol. The summed E-state index contributed by atoms with van der Waals surface area (Å²) in [5.74, 6) is -3.32. The molecule has 0 bridgehead atoms. The first-order valence-electron chi connectivity index (χ1n) is 5.63. The van der Waals surface area contributed by atoms with Crippen LogP contribution in [0.4, 0.5) is 18.9 Å². The summed E-state index contributed by atoms with van der Waals surface area (Å²) in [5.41, 5.74) is -0.701. The largest absolute Gasteiger partial charge is 0.504 e. The Morgan fingerprint density at radius 3 is 2.45 bits per heavy atom. The Kier molecular flexibility index (Phi) is 5.31. The number of hydrogen-bond acceptors (Lipinski definition) is 4. The van der Waals surface area contributed by atoms with E-state index in [1.165, 1.54) is 19.1 Å². The fraction of sp³-hybridized carbons (Fsp3) is 0.231. The molecule has 0 atom stereocenters. The first kappa shape index (κ1) is 15.7. The van der Waals surface area contributed by atoms with Gasteiger partial charge in [-0.05, 0) is 19.1 Å². The molecule has 1 aromatic carbocycles. The van der Waals surface area contributed by atoms with Crippen molar-refractivity contribution in [3.8, 4) is 0 Å². The number of carbonyl (C=O) groups is 1. The lowest BCUT2D eigenvalue weighted by atomic mass is 10.2. The first-order valence-corrected chi connectivity index (χ1v) is 5.63. The molecule has 0 spiro atoms. The van der Waals surface area contributed by atoms with Crippen LogP contribution < -0.4 is 0 Å². The number of aliphatic hydroxyl groups is 1. The SMILES string of the molecule is CCOC(=O)/C(C=Nc1ccccc1)=C(/O)C(F)(F)F. The van der Waals surface area contributed by atoms with Gasteiger partial charge in [0.1, 0.15) is 5.57 Å². The van der Waals surface area contributed by atoms with Crippen molar-refractivity contribution in [2.45, 2.75) is 13.1 Å². The van der Waals surface area contributed by atoms with Gasteiger partial charge in [-0.15, -0.1) is 0 Å². The normalized spacial score (nSPS) is 13.2. The number of rotatable bonds is 4. The molecule has 0 saturated carbocycles. The van der Waals surface area contributed by atoms with Crippen molar-refractivity contribution >= 4 is 17.9 Å². The van der Waals surface area contributed by atoms with E-state index in [2.05, 4.69) is 9.73 Å². The van der Waals surface area contributed by atoms with Crippen LogP contribution in [0.2, 0.25) is 0 Å². The lowest BCUT2D eigenvalue weighted by molar-refractivity contribution is -0.141. The second-order valence-corrected chi connectivity index (χ2v) is 3.57. The molecule has 0 unspecified atom stereocenters. The minimum Gasteiger partial charge on any atom is -0.504 e. The Balaban J connectivity index is 3.13. The zero-order valence-electron chi connectivity index (χ0n) is 10.5. The van der Waals surface area contributed by atoms with E-state index in [0.717, 1.165) is 0 Å². The standard InChI is InChI=1S/C13H12F3NO3/c1-2-20-12(19)10(11(18)13(14,15)16)8-17-9-6-4-3-5-7-9/h3-8,18H,2H2,1H3/b11-10+,17-8?. The molecule has 0 saturated heterocycles. The van der Waals surface area contributed by atoms with Crippen LogP contribution in [-0.2, 0) is 9.53 Å². The summed E-state index contributed by atoms with van der Waals surface area (Å²) in [6.07, 6.45) is -4.42. The molecule has 0 fully saturated rings. The van der Waals surface area contributed by atoms with Gasteiger partial charge in [-0.3, -0.25) is 4.99 Å². The average molecular weight is 287 g/mol. The molecule has 1 rings (SSSR count). The number of halogens is 3. The third kappa shape index (κ3) is 4.42. The quantitative estimate of drug-likeness (QED) is 0.400. The number of nitrogens with zero attached hydrogens (tertiary/aromatic N) is 1. The van der Waals surface area contributed by atoms with Crippen LogP contribution in [0.3, 0.4) is 0 Å². The van der Waals surface area contributed by atoms with Gasteiger partial charge in [0, 0.05) is 6.21 Å². The Morgan fingerprint density at radius 2 is 1.95 bits per heavy atom. The fourth-order valence-corrected chi connectivity index (χ4v) is 1.23. The van der Waals surface area contributed by atoms with Gasteiger partial charge < -0.3 is 9.84 Å². The van der Waals surface area contributed by atoms with Gasteiger partial charge in [0.2, 0.25) is 5.76 Å². The summed E-state index contributed by atoms with van der Waals surface area (Å²) in [7, 11) is 0. The van der Waals surface area contributed by atoms with Gasteiger partial charge in [0.25, 0.3) is 0 Å². The maximum absolute atomic E-state index is 12.4. The lowest BCUT2D eigenvalue weighted by Crippen LogP contribution is -2.20. The minimum atomic E-state index is -5.05. The number of para-hydroxylation sites is 1. The van der Waals surface area contributed by atoms with Crippen molar-refractivity contribution in [2.75, 3.05) is 6.61 Å². The smallest absolute Gasteiger partial charge is 0.449 e. The van der Waals surface area contributed by atoms with Crippen molar-refractivity contribution in [3.05, 3.63) is 41.7 Å². The van der Waals surface area contributed by atoms with Crippen LogP contribution >= 0.6 is 0 Å². The van der Waals surface area contributed by atoms with Crippen LogP contribution in [0.15, 0.2) is 46.7 Å². The van der Waals surface area contributed by atoms with Crippen molar-refractivity contribution < 1.29 is 27.8 Å². The van der Waals surface area contributed by atoms with E-state index in [0.29, 0.717) is 11.9 Å². The van der Waals surface area contributed by atoms with Gasteiger partial charge in [-0.1, -0.05) is 18.2 Å². The zero-order valence-corrected chi connectivity index (χ0v) is 10.5. The molecule has 0 amide bonds. The topological polar surface area (TPSA) is 58.9 Å². The Labute approximate surface area is 113 Å². The predicted molar refractivity (Wildman–Crippen MR) is 66.9 cm³/mol. The zero-order chi connectivity index (χ0) is 15.2. The number of hydrogen-bond donors (Lipinski definition) is 1. The van der Waals surface area contributed by atoms with Crippen molar-refractivity contribution in [2.24, 2.45) is 4.99 Å². The molecular formula is C13H12F3NO3.